The summed E-state index contributed by atoms with van der Waals surface area (Å²) in [7, 11) is -4.11. The van der Waals surface area contributed by atoms with Crippen LogP contribution in [0.15, 0.2) is 46.8 Å². The van der Waals surface area contributed by atoms with E-state index in [2.05, 4.69) is 25.9 Å². The maximum absolute atomic E-state index is 13.1. The van der Waals surface area contributed by atoms with Crippen LogP contribution in [-0.2, 0) is 23.5 Å². The molecular weight excluding hydrogens is 545 g/mol. The number of carboxylic acids is 1. The number of aromatic nitrogens is 4. The zero-order valence-electron chi connectivity index (χ0n) is 19.4. The van der Waals surface area contributed by atoms with Crippen molar-refractivity contribution in [2.45, 2.75) is 34.8 Å². The third-order valence-electron chi connectivity index (χ3n) is 5.63. The summed E-state index contributed by atoms with van der Waals surface area (Å²) in [6.45, 7) is 1.54. The highest BCUT2D eigenvalue weighted by atomic mass is 32.2. The standard InChI is InChI=1S/C20H24N7O7PS2/c1-2-34-35(32,33)8-12(37-20-23-25-26-24-20)11-9-36-18-14(17(29)27(18)15(11)19(30)31)22-16(28)13(21)10-6-4-3-5-7-10/h3-7,12-14,18H,2,8-9,21H2,1H3,(H,22,28)(H,30,31)(H,32,33)(H,23,24,25,26)/t12?,13?,14-,18+/m1/s1. The third kappa shape index (κ3) is 5.89. The highest BCUT2D eigenvalue weighted by Crippen LogP contribution is 2.50. The molecule has 4 rings (SSSR count). The minimum Gasteiger partial charge on any atom is -0.477 e. The van der Waals surface area contributed by atoms with Crippen LogP contribution in [0.2, 0.25) is 0 Å². The van der Waals surface area contributed by atoms with Crippen molar-refractivity contribution in [3.63, 3.8) is 0 Å². The predicted molar refractivity (Wildman–Crippen MR) is 133 cm³/mol. The smallest absolute Gasteiger partial charge is 0.352 e. The van der Waals surface area contributed by atoms with E-state index in [0.29, 0.717) is 5.56 Å². The highest BCUT2D eigenvalue weighted by Gasteiger charge is 2.55. The Balaban J connectivity index is 1.58. The van der Waals surface area contributed by atoms with Gasteiger partial charge in [0, 0.05) is 11.0 Å². The van der Waals surface area contributed by atoms with Crippen LogP contribution in [0, 0.1) is 0 Å². The zero-order chi connectivity index (χ0) is 26.7. The van der Waals surface area contributed by atoms with E-state index >= 15 is 0 Å². The van der Waals surface area contributed by atoms with Gasteiger partial charge < -0.3 is 25.6 Å². The molecule has 198 valence electrons. The monoisotopic (exact) mass is 569 g/mol. The average molecular weight is 570 g/mol. The fourth-order valence-corrected chi connectivity index (χ4v) is 8.27. The number of nitrogens with two attached hydrogens (primary N) is 1. The fourth-order valence-electron chi connectivity index (χ4n) is 3.96. The minimum absolute atomic E-state index is 0.0217. The van der Waals surface area contributed by atoms with Crippen molar-refractivity contribution < 1.29 is 33.5 Å². The first-order chi connectivity index (χ1) is 17.6. The lowest BCUT2D eigenvalue weighted by molar-refractivity contribution is -0.150. The number of carbonyl (C=O) groups excluding carboxylic acids is 2. The Hall–Kier alpha value is -2.75. The molecule has 3 unspecified atom stereocenters. The van der Waals surface area contributed by atoms with Crippen molar-refractivity contribution in [3.8, 4) is 0 Å². The quantitative estimate of drug-likeness (QED) is 0.140. The lowest BCUT2D eigenvalue weighted by Gasteiger charge is -2.50. The number of thioether (sulfide) groups is 2. The summed E-state index contributed by atoms with van der Waals surface area (Å²) in [5.74, 6) is -2.47. The second-order valence-corrected chi connectivity index (χ2v) is 12.2. The summed E-state index contributed by atoms with van der Waals surface area (Å²) in [5, 5.41) is 24.6. The van der Waals surface area contributed by atoms with Crippen molar-refractivity contribution in [2.75, 3.05) is 18.5 Å². The number of benzene rings is 1. The number of carbonyl (C=O) groups is 3. The first-order valence-corrected chi connectivity index (χ1v) is 14.7. The molecule has 37 heavy (non-hydrogen) atoms. The molecule has 5 atom stereocenters. The number of rotatable bonds is 11. The number of carboxylic acid groups (broad SMARTS) is 1. The van der Waals surface area contributed by atoms with E-state index in [9.17, 15) is 28.9 Å². The summed E-state index contributed by atoms with van der Waals surface area (Å²) >= 11 is 2.15. The molecule has 1 fully saturated rings. The van der Waals surface area contributed by atoms with Gasteiger partial charge in [-0.3, -0.25) is 19.1 Å². The van der Waals surface area contributed by atoms with E-state index in [1.807, 2.05) is 0 Å². The van der Waals surface area contributed by atoms with Crippen LogP contribution in [0.1, 0.15) is 18.5 Å². The largest absolute Gasteiger partial charge is 0.477 e. The molecule has 2 amide bonds. The molecule has 2 aromatic rings. The van der Waals surface area contributed by atoms with Crippen molar-refractivity contribution in [1.82, 2.24) is 30.8 Å². The van der Waals surface area contributed by atoms with Crippen LogP contribution in [0.4, 0.5) is 0 Å². The Kier molecular flexibility index (Phi) is 8.36. The average Bonchev–Trinajstić information content (AvgIpc) is 3.38. The van der Waals surface area contributed by atoms with E-state index in [0.717, 1.165) is 16.7 Å². The van der Waals surface area contributed by atoms with Crippen molar-refractivity contribution in [3.05, 3.63) is 47.2 Å². The summed E-state index contributed by atoms with van der Waals surface area (Å²) in [6, 6.07) is 6.66. The van der Waals surface area contributed by atoms with E-state index in [4.69, 9.17) is 10.3 Å². The molecular formula is C20H24N7O7PS2. The highest BCUT2D eigenvalue weighted by molar-refractivity contribution is 8.01. The zero-order valence-corrected chi connectivity index (χ0v) is 21.9. The molecule has 1 aromatic heterocycles. The normalized spacial score (nSPS) is 22.5. The predicted octanol–water partition coefficient (Wildman–Crippen LogP) is 0.321. The van der Waals surface area contributed by atoms with Crippen LogP contribution in [0.25, 0.3) is 0 Å². The molecule has 2 aliphatic rings. The first kappa shape index (κ1) is 27.3. The number of nitrogens with one attached hydrogen (secondary N) is 2. The topological polar surface area (TPSA) is 214 Å². The van der Waals surface area contributed by atoms with E-state index in [1.165, 1.54) is 11.8 Å². The third-order valence-corrected chi connectivity index (χ3v) is 9.79. The number of β-lactam (4-membered cyclic amide) rings is 1. The van der Waals surface area contributed by atoms with Gasteiger partial charge in [0.2, 0.25) is 11.1 Å². The van der Waals surface area contributed by atoms with Gasteiger partial charge in [-0.05, 0) is 23.3 Å². The van der Waals surface area contributed by atoms with Gasteiger partial charge in [-0.25, -0.2) is 4.79 Å². The molecule has 17 heteroatoms. The summed E-state index contributed by atoms with van der Waals surface area (Å²) in [4.78, 5) is 49.5. The van der Waals surface area contributed by atoms with E-state index < -0.39 is 54.2 Å². The number of aliphatic carboxylic acids is 1. The number of hydrogen-bond acceptors (Lipinski definition) is 11. The van der Waals surface area contributed by atoms with Gasteiger partial charge in [0.15, 0.2) is 0 Å². The molecule has 0 bridgehead atoms. The first-order valence-electron chi connectivity index (χ1n) is 11.0. The molecule has 0 saturated carbocycles. The van der Waals surface area contributed by atoms with Gasteiger partial charge >= 0.3 is 13.6 Å². The number of H-pyrrole nitrogens is 1. The van der Waals surface area contributed by atoms with Crippen molar-refractivity contribution in [1.29, 1.82) is 0 Å². The summed E-state index contributed by atoms with van der Waals surface area (Å²) in [5.41, 5.74) is 6.52. The number of nitrogens with zero attached hydrogens (tertiary/aromatic N) is 4. The van der Waals surface area contributed by atoms with Gasteiger partial charge in [0.25, 0.3) is 5.91 Å². The van der Waals surface area contributed by atoms with Crippen LogP contribution >= 0.6 is 31.1 Å². The number of amides is 2. The molecule has 3 heterocycles. The summed E-state index contributed by atoms with van der Waals surface area (Å²) < 4.78 is 17.6. The molecule has 2 aliphatic heterocycles. The Morgan fingerprint density at radius 1 is 1.41 bits per heavy atom. The van der Waals surface area contributed by atoms with Gasteiger partial charge in [-0.1, -0.05) is 42.1 Å². The van der Waals surface area contributed by atoms with Gasteiger partial charge in [-0.2, -0.15) is 5.21 Å². The maximum Gasteiger partial charge on any atom is 0.352 e. The lowest BCUT2D eigenvalue weighted by atomic mass is 10.0. The Morgan fingerprint density at radius 3 is 2.76 bits per heavy atom. The number of fused-ring (bicyclic) bond motifs is 1. The number of aromatic amines is 1. The van der Waals surface area contributed by atoms with Crippen LogP contribution in [0.5, 0.6) is 0 Å². The molecule has 1 aromatic carbocycles. The molecule has 14 nitrogen and oxygen atoms in total. The Bertz CT molecular complexity index is 1250. The minimum atomic E-state index is -4.11. The van der Waals surface area contributed by atoms with E-state index in [1.54, 1.807) is 37.3 Å². The summed E-state index contributed by atoms with van der Waals surface area (Å²) in [6.07, 6.45) is -0.439. The van der Waals surface area contributed by atoms with Crippen molar-refractivity contribution >= 4 is 48.9 Å². The van der Waals surface area contributed by atoms with Gasteiger partial charge in [0.1, 0.15) is 23.2 Å². The second-order valence-electron chi connectivity index (χ2n) is 8.00. The Labute approximate surface area is 219 Å². The number of tetrazole rings is 1. The number of hydrogen-bond donors (Lipinski definition) is 5. The SMILES string of the molecule is CCOP(=O)(O)CC(Sc1nn[nH]n1)C1=C(C(=O)O)N2C(=O)[C@@H](NC(=O)C(N)c3ccccc3)[C@@H]2SC1. The molecule has 0 aliphatic carbocycles. The van der Waals surface area contributed by atoms with Crippen molar-refractivity contribution in [2.24, 2.45) is 5.73 Å². The molecule has 1 saturated heterocycles. The fraction of sp³-hybridized carbons (Fsp3) is 0.400. The second kappa shape index (κ2) is 11.3. The molecule has 6 N–H and O–H groups in total. The van der Waals surface area contributed by atoms with Gasteiger partial charge in [0.05, 0.1) is 12.8 Å². The lowest BCUT2D eigenvalue weighted by Crippen LogP contribution is -2.71. The maximum atomic E-state index is 13.1. The molecule has 0 spiro atoms. The Morgan fingerprint density at radius 2 is 2.14 bits per heavy atom. The van der Waals surface area contributed by atoms with Gasteiger partial charge in [-0.15, -0.1) is 22.0 Å². The van der Waals surface area contributed by atoms with Crippen LogP contribution < -0.4 is 11.1 Å². The molecule has 0 radical (unpaired) electrons. The van der Waals surface area contributed by atoms with Crippen LogP contribution in [0.3, 0.4) is 0 Å². The van der Waals surface area contributed by atoms with E-state index in [-0.39, 0.29) is 28.8 Å². The van der Waals surface area contributed by atoms with Crippen LogP contribution in [-0.4, -0.2) is 88.5 Å².